The summed E-state index contributed by atoms with van der Waals surface area (Å²) in [5, 5.41) is 23.0. The molecule has 0 aromatic carbocycles. The van der Waals surface area contributed by atoms with Crippen LogP contribution >= 0.6 is 12.4 Å². The molecule has 0 bridgehead atoms. The second-order valence-corrected chi connectivity index (χ2v) is 18.8. The zero-order valence-electron chi connectivity index (χ0n) is 29.8. The van der Waals surface area contributed by atoms with Crippen LogP contribution in [0.1, 0.15) is 147 Å². The smallest absolute Gasteiger partial charge is 0.309 e. The molecule has 0 aromatic heterocycles. The first kappa shape index (κ1) is 35.0. The van der Waals surface area contributed by atoms with Gasteiger partial charge in [0.15, 0.2) is 0 Å². The van der Waals surface area contributed by atoms with Gasteiger partial charge >= 0.3 is 5.97 Å². The first-order valence-electron chi connectivity index (χ1n) is 18.0. The number of halogens is 1. The highest BCUT2D eigenvalue weighted by Crippen LogP contribution is 2.90. The van der Waals surface area contributed by atoms with Crippen LogP contribution in [0.3, 0.4) is 0 Å². The lowest BCUT2D eigenvalue weighted by atomic mass is 9.39. The largest absolute Gasteiger partial charge is 0.462 e. The molecule has 44 heavy (non-hydrogen) atoms. The minimum Gasteiger partial charge on any atom is -0.462 e. The van der Waals surface area contributed by atoms with Crippen LogP contribution in [-0.4, -0.2) is 45.7 Å². The Balaban J connectivity index is 0.00000384. The number of aliphatic hydroxyl groups is 2. The summed E-state index contributed by atoms with van der Waals surface area (Å²) in [4.78, 5) is 13.2. The van der Waals surface area contributed by atoms with Crippen LogP contribution in [0.2, 0.25) is 0 Å². The van der Waals surface area contributed by atoms with Gasteiger partial charge in [-0.05, 0) is 124 Å². The molecule has 0 aromatic rings. The number of ether oxygens (including phenoxy) is 2. The Morgan fingerprint density at radius 1 is 0.932 bits per heavy atom. The van der Waals surface area contributed by atoms with Crippen molar-refractivity contribution in [2.45, 2.75) is 176 Å². The van der Waals surface area contributed by atoms with Crippen LogP contribution in [-0.2, 0) is 14.3 Å². The van der Waals surface area contributed by atoms with Crippen LogP contribution in [0, 0.1) is 56.2 Å². The fraction of sp³-hybridized carbons (Fsp3) is 0.974. The third-order valence-corrected chi connectivity index (χ3v) is 17.0. The van der Waals surface area contributed by atoms with Crippen molar-refractivity contribution in [3.8, 4) is 0 Å². The van der Waals surface area contributed by atoms with Gasteiger partial charge in [-0.2, -0.15) is 0 Å². The van der Waals surface area contributed by atoms with Gasteiger partial charge in [0, 0.05) is 10.8 Å². The molecule has 6 rings (SSSR count). The van der Waals surface area contributed by atoms with Crippen molar-refractivity contribution in [2.24, 2.45) is 56.2 Å². The third kappa shape index (κ3) is 4.09. The van der Waals surface area contributed by atoms with E-state index in [1.807, 2.05) is 20.8 Å². The Morgan fingerprint density at radius 3 is 2.14 bits per heavy atom. The topological polar surface area (TPSA) is 76.0 Å². The molecule has 1 aliphatic heterocycles. The van der Waals surface area contributed by atoms with Crippen molar-refractivity contribution in [2.75, 3.05) is 0 Å². The molecule has 5 nitrogen and oxygen atoms in total. The first-order chi connectivity index (χ1) is 19.7. The summed E-state index contributed by atoms with van der Waals surface area (Å²) in [6.45, 7) is 24.5. The van der Waals surface area contributed by atoms with E-state index >= 15 is 0 Å². The van der Waals surface area contributed by atoms with E-state index in [-0.39, 0.29) is 58.2 Å². The van der Waals surface area contributed by atoms with Crippen LogP contribution < -0.4 is 0 Å². The van der Waals surface area contributed by atoms with Crippen LogP contribution in [0.4, 0.5) is 0 Å². The summed E-state index contributed by atoms with van der Waals surface area (Å²) < 4.78 is 13.2. The number of aliphatic hydroxyl groups excluding tert-OH is 1. The van der Waals surface area contributed by atoms with Crippen molar-refractivity contribution in [3.63, 3.8) is 0 Å². The van der Waals surface area contributed by atoms with Gasteiger partial charge in [0.1, 0.15) is 6.10 Å². The fourth-order valence-corrected chi connectivity index (χ4v) is 13.4. The molecular formula is C38H65ClO5. The van der Waals surface area contributed by atoms with Crippen LogP contribution in [0.25, 0.3) is 0 Å². The molecule has 2 spiro atoms. The molecule has 5 aliphatic carbocycles. The SMILES string of the molecule is CCC(C)[C@@H](C)C(=O)O[C@H]1CC[C@]23C[C@]24CC[C@]2(C)[C@@](C)([C@@]5(C)CC[C@@H](C(C)(C)O)O5)[C@@H](O)C[C@@]2(C)C4CC[C@H]3C1(C)C.Cl. The molecule has 6 fully saturated rings. The summed E-state index contributed by atoms with van der Waals surface area (Å²) in [7, 11) is 0. The molecule has 1 saturated heterocycles. The highest BCUT2D eigenvalue weighted by atomic mass is 35.5. The molecule has 0 amide bonds. The molecule has 2 unspecified atom stereocenters. The maximum atomic E-state index is 13.2. The first-order valence-corrected chi connectivity index (χ1v) is 18.0. The van der Waals surface area contributed by atoms with Gasteiger partial charge in [-0.3, -0.25) is 4.79 Å². The van der Waals surface area contributed by atoms with Crippen molar-refractivity contribution >= 4 is 18.4 Å². The maximum absolute atomic E-state index is 13.2. The average Bonchev–Trinajstić information content (AvgIpc) is 3.34. The van der Waals surface area contributed by atoms with Crippen LogP contribution in [0.5, 0.6) is 0 Å². The third-order valence-electron chi connectivity index (χ3n) is 17.0. The minimum atomic E-state index is -0.885. The Kier molecular flexibility index (Phi) is 8.20. The predicted octanol–water partition coefficient (Wildman–Crippen LogP) is 8.51. The Hall–Kier alpha value is -0.360. The van der Waals surface area contributed by atoms with E-state index < -0.39 is 17.3 Å². The summed E-state index contributed by atoms with van der Waals surface area (Å²) in [6, 6.07) is 0. The molecule has 13 atom stereocenters. The van der Waals surface area contributed by atoms with E-state index in [4.69, 9.17) is 9.47 Å². The van der Waals surface area contributed by atoms with E-state index in [1.54, 1.807) is 0 Å². The quantitative estimate of drug-likeness (QED) is 0.286. The molecule has 0 radical (unpaired) electrons. The second kappa shape index (κ2) is 10.3. The minimum absolute atomic E-state index is 0. The number of hydrogen-bond acceptors (Lipinski definition) is 5. The van der Waals surface area contributed by atoms with Gasteiger partial charge in [0.2, 0.25) is 0 Å². The fourth-order valence-electron chi connectivity index (χ4n) is 13.4. The van der Waals surface area contributed by atoms with E-state index in [9.17, 15) is 15.0 Å². The lowest BCUT2D eigenvalue weighted by Crippen LogP contribution is -2.63. The van der Waals surface area contributed by atoms with Gasteiger partial charge in [-0.25, -0.2) is 0 Å². The molecule has 6 aliphatic rings. The van der Waals surface area contributed by atoms with Crippen molar-refractivity contribution < 1.29 is 24.5 Å². The lowest BCUT2D eigenvalue weighted by Gasteiger charge is -2.66. The number of fused-ring (bicyclic) bond motifs is 2. The van der Waals surface area contributed by atoms with E-state index in [0.717, 1.165) is 38.5 Å². The number of carbonyl (C=O) groups excluding carboxylic acids is 1. The molecule has 6 heteroatoms. The van der Waals surface area contributed by atoms with Crippen molar-refractivity contribution in [1.29, 1.82) is 0 Å². The van der Waals surface area contributed by atoms with Gasteiger partial charge < -0.3 is 19.7 Å². The van der Waals surface area contributed by atoms with Crippen molar-refractivity contribution in [3.05, 3.63) is 0 Å². The Bertz CT molecular complexity index is 1150. The lowest BCUT2D eigenvalue weighted by molar-refractivity contribution is -0.236. The molecule has 254 valence electrons. The summed E-state index contributed by atoms with van der Waals surface area (Å²) in [6.07, 6.45) is 11.2. The molecular weight excluding hydrogens is 572 g/mol. The van der Waals surface area contributed by atoms with E-state index in [0.29, 0.717) is 28.6 Å². The monoisotopic (exact) mass is 636 g/mol. The summed E-state index contributed by atoms with van der Waals surface area (Å²) >= 11 is 0. The number of rotatable bonds is 6. The van der Waals surface area contributed by atoms with Gasteiger partial charge in [-0.1, -0.05) is 61.8 Å². The highest BCUT2D eigenvalue weighted by Gasteiger charge is 2.85. The zero-order valence-corrected chi connectivity index (χ0v) is 30.7. The van der Waals surface area contributed by atoms with Gasteiger partial charge in [0.25, 0.3) is 0 Å². The molecule has 1 heterocycles. The summed E-state index contributed by atoms with van der Waals surface area (Å²) in [5.41, 5.74) is -1.09. The standard InChI is InChI=1S/C38H64O5.ClH/c1-12-23(2)24(3)30(40)42-28-16-18-37-22-38(37)20-19-34(9)33(8,26(38)14-13-25(37)31(28,4)5)21-27(39)36(34,11)35(10)17-15-29(43-35)32(6,7)41;/h23-29,39,41H,12-22H2,1-11H3;1H/t23?,24-,25+,26?,27+,28+,29+,33+,34+,35-,36+,37-,38+;/m1./s1. The average molecular weight is 637 g/mol. The van der Waals surface area contributed by atoms with Crippen molar-refractivity contribution in [1.82, 2.24) is 0 Å². The highest BCUT2D eigenvalue weighted by molar-refractivity contribution is 5.85. The van der Waals surface area contributed by atoms with E-state index in [1.165, 1.54) is 32.1 Å². The van der Waals surface area contributed by atoms with Gasteiger partial charge in [0.05, 0.1) is 29.3 Å². The van der Waals surface area contributed by atoms with E-state index in [2.05, 4.69) is 55.4 Å². The maximum Gasteiger partial charge on any atom is 0.309 e. The van der Waals surface area contributed by atoms with Gasteiger partial charge in [-0.15, -0.1) is 12.4 Å². The second-order valence-electron chi connectivity index (χ2n) is 18.8. The predicted molar refractivity (Wildman–Crippen MR) is 177 cm³/mol. The van der Waals surface area contributed by atoms with Crippen LogP contribution in [0.15, 0.2) is 0 Å². The molecule has 2 N–H and O–H groups in total. The summed E-state index contributed by atoms with van der Waals surface area (Å²) in [5.74, 6) is 1.47. The number of carbonyl (C=O) groups is 1. The number of hydrogen-bond donors (Lipinski definition) is 2. The zero-order chi connectivity index (χ0) is 31.8. The normalized spacial score (nSPS) is 52.0. The Morgan fingerprint density at radius 2 is 1.55 bits per heavy atom. The molecule has 5 saturated carbocycles. The Labute approximate surface area is 274 Å². The number of esters is 1.